The predicted octanol–water partition coefficient (Wildman–Crippen LogP) is 4.50. The molecular weight excluding hydrogens is 250 g/mol. The van der Waals surface area contributed by atoms with Crippen molar-refractivity contribution >= 4 is 5.69 Å². The van der Waals surface area contributed by atoms with Gasteiger partial charge in [-0.1, -0.05) is 12.1 Å². The number of nitrogens with one attached hydrogen (secondary N) is 1. The summed E-state index contributed by atoms with van der Waals surface area (Å²) in [5, 5.41) is 3.51. The van der Waals surface area contributed by atoms with E-state index in [4.69, 9.17) is 9.15 Å². The SMILES string of the molecule is CC(CCc1ccco1)Nc1ccccc1OC(C)C. The van der Waals surface area contributed by atoms with Gasteiger partial charge in [-0.25, -0.2) is 0 Å². The maximum Gasteiger partial charge on any atom is 0.142 e. The number of rotatable bonds is 7. The summed E-state index contributed by atoms with van der Waals surface area (Å²) in [7, 11) is 0. The van der Waals surface area contributed by atoms with Crippen LogP contribution in [0.2, 0.25) is 0 Å². The summed E-state index contributed by atoms with van der Waals surface area (Å²) in [5.41, 5.74) is 1.05. The van der Waals surface area contributed by atoms with E-state index in [0.717, 1.165) is 30.0 Å². The Bertz CT molecular complexity index is 505. The van der Waals surface area contributed by atoms with Gasteiger partial charge in [0, 0.05) is 12.5 Å². The third-order valence-electron chi connectivity index (χ3n) is 3.06. The molecule has 1 atom stereocenters. The first-order valence-electron chi connectivity index (χ1n) is 7.19. The van der Waals surface area contributed by atoms with Crippen LogP contribution in [0.15, 0.2) is 47.1 Å². The van der Waals surface area contributed by atoms with E-state index in [1.54, 1.807) is 6.26 Å². The Morgan fingerprint density at radius 2 is 1.90 bits per heavy atom. The van der Waals surface area contributed by atoms with Gasteiger partial charge in [-0.15, -0.1) is 0 Å². The molecule has 108 valence electrons. The minimum absolute atomic E-state index is 0.177. The van der Waals surface area contributed by atoms with Crippen LogP contribution < -0.4 is 10.1 Å². The molecule has 0 bridgehead atoms. The van der Waals surface area contributed by atoms with Gasteiger partial charge in [0.05, 0.1) is 18.1 Å². The Kier molecular flexibility index (Phi) is 5.10. The molecule has 0 saturated carbocycles. The topological polar surface area (TPSA) is 34.4 Å². The van der Waals surface area contributed by atoms with Crippen molar-refractivity contribution in [3.63, 3.8) is 0 Å². The van der Waals surface area contributed by atoms with Crippen molar-refractivity contribution in [3.05, 3.63) is 48.4 Å². The summed E-state index contributed by atoms with van der Waals surface area (Å²) in [6, 6.07) is 12.4. The number of hydrogen-bond acceptors (Lipinski definition) is 3. The van der Waals surface area contributed by atoms with Crippen molar-refractivity contribution in [2.24, 2.45) is 0 Å². The minimum Gasteiger partial charge on any atom is -0.489 e. The Hall–Kier alpha value is -1.90. The maximum atomic E-state index is 5.82. The molecule has 1 unspecified atom stereocenters. The van der Waals surface area contributed by atoms with Gasteiger partial charge in [0.2, 0.25) is 0 Å². The van der Waals surface area contributed by atoms with E-state index in [1.807, 2.05) is 44.2 Å². The maximum absolute atomic E-state index is 5.82. The average Bonchev–Trinajstić information content (AvgIpc) is 2.91. The fraction of sp³-hybridized carbons (Fsp3) is 0.412. The molecule has 0 aliphatic rings. The highest BCUT2D eigenvalue weighted by molar-refractivity contribution is 5.56. The van der Waals surface area contributed by atoms with Crippen LogP contribution in [0.5, 0.6) is 5.75 Å². The minimum atomic E-state index is 0.177. The molecule has 1 heterocycles. The van der Waals surface area contributed by atoms with Gasteiger partial charge in [-0.05, 0) is 51.5 Å². The van der Waals surface area contributed by atoms with Crippen LogP contribution in [0, 0.1) is 0 Å². The molecule has 1 N–H and O–H groups in total. The fourth-order valence-corrected chi connectivity index (χ4v) is 2.09. The number of benzene rings is 1. The number of para-hydroxylation sites is 2. The van der Waals surface area contributed by atoms with E-state index < -0.39 is 0 Å². The van der Waals surface area contributed by atoms with Gasteiger partial charge in [0.15, 0.2) is 0 Å². The smallest absolute Gasteiger partial charge is 0.142 e. The number of aryl methyl sites for hydroxylation is 1. The van der Waals surface area contributed by atoms with Gasteiger partial charge in [0.1, 0.15) is 11.5 Å². The second-order valence-electron chi connectivity index (χ2n) is 5.33. The highest BCUT2D eigenvalue weighted by Crippen LogP contribution is 2.26. The monoisotopic (exact) mass is 273 g/mol. The summed E-state index contributed by atoms with van der Waals surface area (Å²) in [6.45, 7) is 6.25. The Balaban J connectivity index is 1.91. The van der Waals surface area contributed by atoms with Crippen molar-refractivity contribution < 1.29 is 9.15 Å². The molecule has 2 rings (SSSR count). The van der Waals surface area contributed by atoms with Crippen LogP contribution in [0.1, 0.15) is 33.0 Å². The van der Waals surface area contributed by atoms with Gasteiger partial charge in [0.25, 0.3) is 0 Å². The lowest BCUT2D eigenvalue weighted by Gasteiger charge is -2.19. The zero-order valence-electron chi connectivity index (χ0n) is 12.4. The zero-order valence-corrected chi connectivity index (χ0v) is 12.4. The predicted molar refractivity (Wildman–Crippen MR) is 82.3 cm³/mol. The molecule has 0 fully saturated rings. The summed E-state index contributed by atoms with van der Waals surface area (Å²) in [4.78, 5) is 0. The van der Waals surface area contributed by atoms with Crippen LogP contribution in [0.3, 0.4) is 0 Å². The molecule has 1 aromatic heterocycles. The average molecular weight is 273 g/mol. The lowest BCUT2D eigenvalue weighted by molar-refractivity contribution is 0.243. The van der Waals surface area contributed by atoms with Crippen molar-refractivity contribution in [1.29, 1.82) is 0 Å². The molecule has 0 aliphatic carbocycles. The molecule has 3 heteroatoms. The van der Waals surface area contributed by atoms with E-state index in [0.29, 0.717) is 6.04 Å². The summed E-state index contributed by atoms with van der Waals surface area (Å²) >= 11 is 0. The van der Waals surface area contributed by atoms with Crippen LogP contribution in [-0.2, 0) is 6.42 Å². The third kappa shape index (κ3) is 4.34. The van der Waals surface area contributed by atoms with E-state index in [9.17, 15) is 0 Å². The normalized spacial score (nSPS) is 12.4. The number of ether oxygens (including phenoxy) is 1. The molecule has 0 spiro atoms. The van der Waals surface area contributed by atoms with Crippen LogP contribution in [0.25, 0.3) is 0 Å². The molecular formula is C17H23NO2. The number of furan rings is 1. The van der Waals surface area contributed by atoms with Crippen molar-refractivity contribution in [1.82, 2.24) is 0 Å². The Morgan fingerprint density at radius 3 is 2.60 bits per heavy atom. The largest absolute Gasteiger partial charge is 0.489 e. The molecule has 1 aromatic carbocycles. The quantitative estimate of drug-likeness (QED) is 0.806. The van der Waals surface area contributed by atoms with E-state index in [-0.39, 0.29) is 6.10 Å². The molecule has 0 saturated heterocycles. The second-order valence-corrected chi connectivity index (χ2v) is 5.33. The first-order chi connectivity index (χ1) is 9.65. The highest BCUT2D eigenvalue weighted by Gasteiger charge is 2.09. The van der Waals surface area contributed by atoms with Crippen molar-refractivity contribution in [3.8, 4) is 5.75 Å². The molecule has 0 amide bonds. The molecule has 3 nitrogen and oxygen atoms in total. The van der Waals surface area contributed by atoms with Crippen molar-refractivity contribution in [2.75, 3.05) is 5.32 Å². The fourth-order valence-electron chi connectivity index (χ4n) is 2.09. The van der Waals surface area contributed by atoms with E-state index in [1.165, 1.54) is 0 Å². The molecule has 0 aliphatic heterocycles. The lowest BCUT2D eigenvalue weighted by Crippen LogP contribution is -2.17. The molecule has 0 radical (unpaired) electrons. The van der Waals surface area contributed by atoms with Crippen LogP contribution >= 0.6 is 0 Å². The van der Waals surface area contributed by atoms with Crippen molar-refractivity contribution in [2.45, 2.75) is 45.8 Å². The van der Waals surface area contributed by atoms with Crippen LogP contribution in [0.4, 0.5) is 5.69 Å². The summed E-state index contributed by atoms with van der Waals surface area (Å²) in [6.07, 6.45) is 3.85. The van der Waals surface area contributed by atoms with Crippen LogP contribution in [-0.4, -0.2) is 12.1 Å². The van der Waals surface area contributed by atoms with Gasteiger partial charge in [-0.3, -0.25) is 0 Å². The summed E-state index contributed by atoms with van der Waals surface area (Å²) < 4.78 is 11.2. The second kappa shape index (κ2) is 7.04. The van der Waals surface area contributed by atoms with Gasteiger partial charge in [-0.2, -0.15) is 0 Å². The molecule has 20 heavy (non-hydrogen) atoms. The Labute approximate surface area is 121 Å². The zero-order chi connectivity index (χ0) is 14.4. The van der Waals surface area contributed by atoms with E-state index in [2.05, 4.69) is 18.3 Å². The van der Waals surface area contributed by atoms with E-state index >= 15 is 0 Å². The number of hydrogen-bond donors (Lipinski definition) is 1. The third-order valence-corrected chi connectivity index (χ3v) is 3.06. The van der Waals surface area contributed by atoms with Gasteiger partial charge < -0.3 is 14.5 Å². The van der Waals surface area contributed by atoms with Gasteiger partial charge >= 0.3 is 0 Å². The summed E-state index contributed by atoms with van der Waals surface area (Å²) in [5.74, 6) is 1.94. The molecule has 2 aromatic rings. The standard InChI is InChI=1S/C17H23NO2/c1-13(2)20-17-9-5-4-8-16(17)18-14(3)10-11-15-7-6-12-19-15/h4-9,12-14,18H,10-11H2,1-3H3. The number of anilines is 1. The first-order valence-corrected chi connectivity index (χ1v) is 7.19. The highest BCUT2D eigenvalue weighted by atomic mass is 16.5. The Morgan fingerprint density at radius 1 is 1.10 bits per heavy atom. The lowest BCUT2D eigenvalue weighted by atomic mass is 10.1. The first kappa shape index (κ1) is 14.5.